The highest BCUT2D eigenvalue weighted by molar-refractivity contribution is 6.30. The van der Waals surface area contributed by atoms with Gasteiger partial charge in [-0.1, -0.05) is 49.9 Å². The van der Waals surface area contributed by atoms with Crippen LogP contribution in [0.4, 0.5) is 0 Å². The quantitative estimate of drug-likeness (QED) is 0.760. The lowest BCUT2D eigenvalue weighted by Gasteiger charge is -2.34. The second-order valence-electron chi connectivity index (χ2n) is 6.56. The van der Waals surface area contributed by atoms with Gasteiger partial charge in [-0.3, -0.25) is 4.90 Å². The van der Waals surface area contributed by atoms with Gasteiger partial charge in [0.15, 0.2) is 0 Å². The monoisotopic (exact) mass is 339 g/mol. The van der Waals surface area contributed by atoms with Crippen molar-refractivity contribution in [3.63, 3.8) is 0 Å². The molecule has 2 rings (SSSR count). The predicted molar refractivity (Wildman–Crippen MR) is 95.9 cm³/mol. The van der Waals surface area contributed by atoms with Gasteiger partial charge in [0.25, 0.3) is 0 Å². The van der Waals surface area contributed by atoms with Crippen molar-refractivity contribution in [2.75, 3.05) is 19.7 Å². The summed E-state index contributed by atoms with van der Waals surface area (Å²) in [5, 5.41) is 11.1. The Labute approximate surface area is 145 Å². The zero-order valence-corrected chi connectivity index (χ0v) is 15.1. The standard InChI is InChI=1S/C19H30ClNO2/c1-3-21(18-7-5-4-6-8-18)13-19(22)14-23-15(2)16-9-11-17(20)12-10-16/h9-12,15,18-19,22H,3-8,13-14H2,1-2H3. The van der Waals surface area contributed by atoms with Crippen molar-refractivity contribution in [1.82, 2.24) is 4.90 Å². The lowest BCUT2D eigenvalue weighted by atomic mass is 9.94. The van der Waals surface area contributed by atoms with E-state index in [-0.39, 0.29) is 6.10 Å². The van der Waals surface area contributed by atoms with Gasteiger partial charge in [0, 0.05) is 17.6 Å². The van der Waals surface area contributed by atoms with Gasteiger partial charge in [-0.25, -0.2) is 0 Å². The molecule has 130 valence electrons. The summed E-state index contributed by atoms with van der Waals surface area (Å²) in [6.07, 6.45) is 6.06. The summed E-state index contributed by atoms with van der Waals surface area (Å²) < 4.78 is 5.84. The molecule has 0 spiro atoms. The van der Waals surface area contributed by atoms with Crippen LogP contribution in [0.5, 0.6) is 0 Å². The van der Waals surface area contributed by atoms with Crippen molar-refractivity contribution in [1.29, 1.82) is 0 Å². The van der Waals surface area contributed by atoms with E-state index in [1.807, 2.05) is 31.2 Å². The number of halogens is 1. The molecule has 23 heavy (non-hydrogen) atoms. The number of rotatable bonds is 8. The van der Waals surface area contributed by atoms with Crippen LogP contribution in [0, 0.1) is 0 Å². The van der Waals surface area contributed by atoms with Gasteiger partial charge in [0.1, 0.15) is 0 Å². The summed E-state index contributed by atoms with van der Waals surface area (Å²) in [5.41, 5.74) is 1.08. The zero-order valence-electron chi connectivity index (χ0n) is 14.4. The SMILES string of the molecule is CCN(CC(O)COC(C)c1ccc(Cl)cc1)C1CCCCC1. The Morgan fingerprint density at radius 2 is 1.87 bits per heavy atom. The molecule has 0 aromatic heterocycles. The molecule has 3 nitrogen and oxygen atoms in total. The van der Waals surface area contributed by atoms with E-state index in [1.54, 1.807) is 0 Å². The molecular formula is C19H30ClNO2. The first-order valence-electron chi connectivity index (χ1n) is 8.89. The Bertz CT molecular complexity index is 445. The van der Waals surface area contributed by atoms with E-state index in [0.717, 1.165) is 17.1 Å². The Balaban J connectivity index is 1.76. The first-order chi connectivity index (χ1) is 11.1. The Hall–Kier alpha value is -0.610. The van der Waals surface area contributed by atoms with Crippen LogP contribution in [-0.2, 0) is 4.74 Å². The fraction of sp³-hybridized carbons (Fsp3) is 0.684. The maximum Gasteiger partial charge on any atom is 0.0900 e. The van der Waals surface area contributed by atoms with Crippen LogP contribution in [0.15, 0.2) is 24.3 Å². The third kappa shape index (κ3) is 6.07. The van der Waals surface area contributed by atoms with Crippen LogP contribution in [0.1, 0.15) is 57.6 Å². The van der Waals surface area contributed by atoms with E-state index in [2.05, 4.69) is 11.8 Å². The average Bonchev–Trinajstić information content (AvgIpc) is 2.59. The van der Waals surface area contributed by atoms with Crippen molar-refractivity contribution < 1.29 is 9.84 Å². The Morgan fingerprint density at radius 3 is 2.48 bits per heavy atom. The van der Waals surface area contributed by atoms with Crippen molar-refractivity contribution >= 4 is 11.6 Å². The minimum atomic E-state index is -0.438. The number of aliphatic hydroxyl groups is 1. The number of hydrogen-bond donors (Lipinski definition) is 1. The third-order valence-corrected chi connectivity index (χ3v) is 5.07. The third-order valence-electron chi connectivity index (χ3n) is 4.82. The number of aliphatic hydroxyl groups excluding tert-OH is 1. The van der Waals surface area contributed by atoms with Gasteiger partial charge in [-0.15, -0.1) is 0 Å². The van der Waals surface area contributed by atoms with E-state index in [1.165, 1.54) is 32.1 Å². The number of ether oxygens (including phenoxy) is 1. The van der Waals surface area contributed by atoms with Crippen LogP contribution in [0.3, 0.4) is 0 Å². The highest BCUT2D eigenvalue weighted by Crippen LogP contribution is 2.23. The molecular weight excluding hydrogens is 310 g/mol. The Morgan fingerprint density at radius 1 is 1.22 bits per heavy atom. The lowest BCUT2D eigenvalue weighted by molar-refractivity contribution is -0.0223. The molecule has 1 aliphatic carbocycles. The van der Waals surface area contributed by atoms with Gasteiger partial charge >= 0.3 is 0 Å². The molecule has 4 heteroatoms. The molecule has 1 aromatic carbocycles. The van der Waals surface area contributed by atoms with Gasteiger partial charge in [0.05, 0.1) is 18.8 Å². The molecule has 0 heterocycles. The number of likely N-dealkylation sites (N-methyl/N-ethyl adjacent to an activating group) is 1. The van der Waals surface area contributed by atoms with Gasteiger partial charge in [-0.05, 0) is 44.0 Å². The van der Waals surface area contributed by atoms with Crippen LogP contribution in [-0.4, -0.2) is 41.8 Å². The van der Waals surface area contributed by atoms with E-state index in [9.17, 15) is 5.11 Å². The molecule has 0 aliphatic heterocycles. The number of hydrogen-bond acceptors (Lipinski definition) is 3. The average molecular weight is 340 g/mol. The maximum absolute atomic E-state index is 10.3. The number of nitrogens with zero attached hydrogens (tertiary/aromatic N) is 1. The fourth-order valence-corrected chi connectivity index (χ4v) is 3.52. The molecule has 1 aliphatic rings. The molecule has 1 aromatic rings. The molecule has 0 amide bonds. The maximum atomic E-state index is 10.3. The van der Waals surface area contributed by atoms with Crippen molar-refractivity contribution in [3.05, 3.63) is 34.9 Å². The van der Waals surface area contributed by atoms with Gasteiger partial charge < -0.3 is 9.84 Å². The first-order valence-corrected chi connectivity index (χ1v) is 9.27. The van der Waals surface area contributed by atoms with E-state index >= 15 is 0 Å². The van der Waals surface area contributed by atoms with Crippen molar-refractivity contribution in [2.24, 2.45) is 0 Å². The highest BCUT2D eigenvalue weighted by atomic mass is 35.5. The van der Waals surface area contributed by atoms with Crippen LogP contribution < -0.4 is 0 Å². The molecule has 0 radical (unpaired) electrons. The summed E-state index contributed by atoms with van der Waals surface area (Å²) >= 11 is 5.90. The van der Waals surface area contributed by atoms with Gasteiger partial charge in [0.2, 0.25) is 0 Å². The molecule has 1 fully saturated rings. The normalized spacial score (nSPS) is 19.0. The highest BCUT2D eigenvalue weighted by Gasteiger charge is 2.22. The molecule has 0 bridgehead atoms. The molecule has 0 saturated heterocycles. The topological polar surface area (TPSA) is 32.7 Å². The summed E-state index contributed by atoms with van der Waals surface area (Å²) in [5.74, 6) is 0. The molecule has 1 N–H and O–H groups in total. The van der Waals surface area contributed by atoms with Crippen LogP contribution in [0.2, 0.25) is 5.02 Å². The minimum Gasteiger partial charge on any atom is -0.389 e. The second kappa shape index (κ2) is 9.63. The van der Waals surface area contributed by atoms with Crippen molar-refractivity contribution in [3.8, 4) is 0 Å². The van der Waals surface area contributed by atoms with E-state index in [4.69, 9.17) is 16.3 Å². The summed E-state index contributed by atoms with van der Waals surface area (Å²) in [4.78, 5) is 2.42. The summed E-state index contributed by atoms with van der Waals surface area (Å²) in [6, 6.07) is 8.32. The fourth-order valence-electron chi connectivity index (χ4n) is 3.39. The second-order valence-corrected chi connectivity index (χ2v) is 7.00. The first kappa shape index (κ1) is 18.7. The molecule has 2 unspecified atom stereocenters. The Kier molecular flexibility index (Phi) is 7.84. The predicted octanol–water partition coefficient (Wildman–Crippen LogP) is 4.43. The largest absolute Gasteiger partial charge is 0.389 e. The number of benzene rings is 1. The van der Waals surface area contributed by atoms with E-state index in [0.29, 0.717) is 19.2 Å². The van der Waals surface area contributed by atoms with Gasteiger partial charge in [-0.2, -0.15) is 0 Å². The molecule has 2 atom stereocenters. The summed E-state index contributed by atoms with van der Waals surface area (Å²) in [6.45, 7) is 6.25. The lowest BCUT2D eigenvalue weighted by Crippen LogP contribution is -2.42. The zero-order chi connectivity index (χ0) is 16.7. The van der Waals surface area contributed by atoms with Crippen LogP contribution >= 0.6 is 11.6 Å². The van der Waals surface area contributed by atoms with Crippen LogP contribution in [0.25, 0.3) is 0 Å². The van der Waals surface area contributed by atoms with E-state index < -0.39 is 6.10 Å². The molecule has 1 saturated carbocycles. The summed E-state index contributed by atoms with van der Waals surface area (Å²) in [7, 11) is 0. The van der Waals surface area contributed by atoms with Crippen molar-refractivity contribution in [2.45, 2.75) is 64.2 Å². The minimum absolute atomic E-state index is 0.0355. The smallest absolute Gasteiger partial charge is 0.0900 e.